The van der Waals surface area contributed by atoms with Crippen molar-refractivity contribution in [3.05, 3.63) is 82.9 Å². The van der Waals surface area contributed by atoms with Gasteiger partial charge in [0.15, 0.2) is 0 Å². The maximum atomic E-state index is 12.4. The fraction of sp³-hybridized carbons (Fsp3) is 0.208. The Morgan fingerprint density at radius 2 is 1.41 bits per heavy atom. The highest BCUT2D eigenvalue weighted by atomic mass is 16.5. The van der Waals surface area contributed by atoms with Crippen molar-refractivity contribution in [1.82, 2.24) is 9.80 Å². The molecule has 0 radical (unpaired) electrons. The summed E-state index contributed by atoms with van der Waals surface area (Å²) in [6.45, 7) is 3.96. The van der Waals surface area contributed by atoms with Crippen LogP contribution in [0.4, 0.5) is 0 Å². The van der Waals surface area contributed by atoms with Crippen molar-refractivity contribution in [3.8, 4) is 0 Å². The zero-order valence-corrected chi connectivity index (χ0v) is 17.2. The lowest BCUT2D eigenvalue weighted by molar-refractivity contribution is 0.0485. The van der Waals surface area contributed by atoms with Crippen LogP contribution in [0.25, 0.3) is 0 Å². The van der Waals surface area contributed by atoms with Gasteiger partial charge in [0.05, 0.1) is 34.4 Å². The summed E-state index contributed by atoms with van der Waals surface area (Å²) in [6.07, 6.45) is 2.39. The maximum Gasteiger partial charge on any atom is 0.338 e. The number of hydrogen-bond acceptors (Lipinski definition) is 6. The average Bonchev–Trinajstić information content (AvgIpc) is 3.19. The number of carbonyl (C=O) groups excluding carboxylic acids is 5. The van der Waals surface area contributed by atoms with Crippen LogP contribution >= 0.6 is 0 Å². The van der Waals surface area contributed by atoms with Crippen molar-refractivity contribution in [2.75, 3.05) is 19.7 Å². The van der Waals surface area contributed by atoms with Gasteiger partial charge in [0.25, 0.3) is 23.6 Å². The third-order valence-electron chi connectivity index (χ3n) is 5.41. The minimum absolute atomic E-state index is 0.0918. The highest BCUT2D eigenvalue weighted by molar-refractivity contribution is 6.22. The second-order valence-electron chi connectivity index (χ2n) is 7.42. The summed E-state index contributed by atoms with van der Waals surface area (Å²) in [4.78, 5) is 63.9. The van der Waals surface area contributed by atoms with Crippen molar-refractivity contribution in [3.63, 3.8) is 0 Å². The monoisotopic (exact) mass is 432 g/mol. The van der Waals surface area contributed by atoms with Gasteiger partial charge in [0.1, 0.15) is 0 Å². The lowest BCUT2D eigenvalue weighted by Crippen LogP contribution is -2.30. The van der Waals surface area contributed by atoms with E-state index in [9.17, 15) is 24.0 Å². The van der Waals surface area contributed by atoms with Crippen LogP contribution in [0.15, 0.2) is 55.1 Å². The number of rotatable bonds is 8. The molecule has 2 aromatic rings. The summed E-state index contributed by atoms with van der Waals surface area (Å²) in [5.41, 5.74) is 1.39. The molecule has 8 heteroatoms. The van der Waals surface area contributed by atoms with E-state index in [-0.39, 0.29) is 48.2 Å². The summed E-state index contributed by atoms with van der Waals surface area (Å²) < 4.78 is 5.25. The number of unbranched alkanes of at least 4 members (excludes halogenated alkanes) is 1. The number of hydrogen-bond donors (Lipinski definition) is 0. The first-order valence-corrected chi connectivity index (χ1v) is 10.2. The molecule has 4 amide bonds. The topological polar surface area (TPSA) is 101 Å². The van der Waals surface area contributed by atoms with Gasteiger partial charge in [-0.3, -0.25) is 29.0 Å². The Balaban J connectivity index is 1.28. The Labute approximate surface area is 184 Å². The zero-order chi connectivity index (χ0) is 22.8. The first kappa shape index (κ1) is 21.2. The van der Waals surface area contributed by atoms with E-state index >= 15 is 0 Å². The molecule has 0 N–H and O–H groups in total. The molecular weight excluding hydrogens is 412 g/mol. The Kier molecular flexibility index (Phi) is 5.68. The minimum Gasteiger partial charge on any atom is -0.462 e. The quantitative estimate of drug-likeness (QED) is 0.275. The fourth-order valence-electron chi connectivity index (χ4n) is 3.78. The molecule has 0 saturated carbocycles. The highest BCUT2D eigenvalue weighted by Gasteiger charge is 2.36. The Hall–Kier alpha value is -4.07. The Bertz CT molecular complexity index is 1130. The van der Waals surface area contributed by atoms with Crippen molar-refractivity contribution in [2.24, 2.45) is 0 Å². The van der Waals surface area contributed by atoms with Crippen molar-refractivity contribution in [1.29, 1.82) is 0 Å². The van der Waals surface area contributed by atoms with Crippen LogP contribution in [0.5, 0.6) is 0 Å². The van der Waals surface area contributed by atoms with Crippen LogP contribution in [0.2, 0.25) is 0 Å². The third kappa shape index (κ3) is 3.60. The van der Waals surface area contributed by atoms with Gasteiger partial charge >= 0.3 is 5.97 Å². The molecule has 0 fully saturated rings. The zero-order valence-electron chi connectivity index (χ0n) is 17.2. The van der Waals surface area contributed by atoms with E-state index in [4.69, 9.17) is 4.74 Å². The number of ether oxygens (including phenoxy) is 1. The van der Waals surface area contributed by atoms with Crippen molar-refractivity contribution in [2.45, 2.75) is 12.8 Å². The lowest BCUT2D eigenvalue weighted by atomic mass is 10.1. The van der Waals surface area contributed by atoms with Gasteiger partial charge in [-0.1, -0.05) is 18.2 Å². The Morgan fingerprint density at radius 1 is 0.812 bits per heavy atom. The molecule has 0 spiro atoms. The molecule has 2 heterocycles. The normalized spacial score (nSPS) is 14.6. The van der Waals surface area contributed by atoms with Gasteiger partial charge in [-0.25, -0.2) is 4.79 Å². The molecular formula is C24H20N2O6. The average molecular weight is 432 g/mol. The molecule has 0 atom stereocenters. The smallest absolute Gasteiger partial charge is 0.338 e. The standard InChI is InChI=1S/C24H20N2O6/c1-2-11-25-22(29)18-10-9-15(14-19(18)23(25)30)24(31)32-13-6-5-12-26-20(27)16-7-3-4-8-17(16)21(26)28/h2-4,7-10,14H,1,5-6,11-13H2. The largest absolute Gasteiger partial charge is 0.462 e. The van der Waals surface area contributed by atoms with E-state index in [0.29, 0.717) is 24.0 Å². The molecule has 4 rings (SSSR count). The van der Waals surface area contributed by atoms with E-state index in [1.807, 2.05) is 0 Å². The van der Waals surface area contributed by atoms with Gasteiger partial charge in [-0.05, 0) is 43.2 Å². The van der Waals surface area contributed by atoms with E-state index < -0.39 is 17.8 Å². The van der Waals surface area contributed by atoms with Gasteiger partial charge in [0.2, 0.25) is 0 Å². The van der Waals surface area contributed by atoms with Crippen molar-refractivity contribution < 1.29 is 28.7 Å². The lowest BCUT2D eigenvalue weighted by Gasteiger charge is -2.13. The molecule has 2 aliphatic rings. The van der Waals surface area contributed by atoms with Crippen LogP contribution in [0.1, 0.15) is 64.6 Å². The highest BCUT2D eigenvalue weighted by Crippen LogP contribution is 2.25. The molecule has 8 nitrogen and oxygen atoms in total. The predicted octanol–water partition coefficient (Wildman–Crippen LogP) is 2.70. The minimum atomic E-state index is -0.615. The molecule has 0 aromatic heterocycles. The van der Waals surface area contributed by atoms with Gasteiger partial charge < -0.3 is 4.74 Å². The Morgan fingerprint density at radius 3 is 2.06 bits per heavy atom. The van der Waals surface area contributed by atoms with E-state index in [1.165, 1.54) is 29.2 Å². The van der Waals surface area contributed by atoms with Gasteiger partial charge in [-0.2, -0.15) is 0 Å². The van der Waals surface area contributed by atoms with Crippen LogP contribution in [0.3, 0.4) is 0 Å². The fourth-order valence-corrected chi connectivity index (χ4v) is 3.78. The molecule has 32 heavy (non-hydrogen) atoms. The van der Waals surface area contributed by atoms with Crippen molar-refractivity contribution >= 4 is 29.6 Å². The second kappa shape index (κ2) is 8.58. The number of carbonyl (C=O) groups is 5. The first-order chi connectivity index (χ1) is 15.4. The summed E-state index contributed by atoms with van der Waals surface area (Å²) >= 11 is 0. The van der Waals surface area contributed by atoms with Crippen LogP contribution in [-0.4, -0.2) is 59.1 Å². The van der Waals surface area contributed by atoms with E-state index in [1.54, 1.807) is 24.3 Å². The third-order valence-corrected chi connectivity index (χ3v) is 5.41. The number of nitrogens with zero attached hydrogens (tertiary/aromatic N) is 2. The summed E-state index contributed by atoms with van der Waals surface area (Å²) in [7, 11) is 0. The number of benzene rings is 2. The number of fused-ring (bicyclic) bond motifs is 2. The van der Waals surface area contributed by atoms with Crippen LogP contribution in [0, 0.1) is 0 Å². The van der Waals surface area contributed by atoms with Crippen LogP contribution < -0.4 is 0 Å². The van der Waals surface area contributed by atoms with E-state index in [2.05, 4.69) is 6.58 Å². The predicted molar refractivity (Wildman–Crippen MR) is 113 cm³/mol. The molecule has 2 aromatic carbocycles. The summed E-state index contributed by atoms with van der Waals surface area (Å²) in [5.74, 6) is -2.13. The molecule has 0 saturated heterocycles. The molecule has 0 bridgehead atoms. The van der Waals surface area contributed by atoms with Gasteiger partial charge in [0, 0.05) is 13.1 Å². The SMILES string of the molecule is C=CCN1C(=O)c2ccc(C(=O)OCCCCN3C(=O)c4ccccc4C3=O)cc2C1=O. The maximum absolute atomic E-state index is 12.4. The molecule has 0 aliphatic carbocycles. The summed E-state index contributed by atoms with van der Waals surface area (Å²) in [6, 6.07) is 10.9. The van der Waals surface area contributed by atoms with Gasteiger partial charge in [-0.15, -0.1) is 6.58 Å². The summed E-state index contributed by atoms with van der Waals surface area (Å²) in [5, 5.41) is 0. The van der Waals surface area contributed by atoms with Crippen LogP contribution in [-0.2, 0) is 4.74 Å². The number of esters is 1. The molecule has 0 unspecified atom stereocenters. The first-order valence-electron chi connectivity index (χ1n) is 10.2. The number of imide groups is 2. The van der Waals surface area contributed by atoms with E-state index in [0.717, 1.165) is 4.90 Å². The molecule has 162 valence electrons. The number of amides is 4. The molecule has 2 aliphatic heterocycles. The second-order valence-corrected chi connectivity index (χ2v) is 7.42.